The Hall–Kier alpha value is -2.06. The van der Waals surface area contributed by atoms with Crippen molar-refractivity contribution in [1.82, 2.24) is 9.97 Å². The van der Waals surface area contributed by atoms with Gasteiger partial charge in [-0.25, -0.2) is 4.98 Å². The molecular formula is C20H21ClN2. The summed E-state index contributed by atoms with van der Waals surface area (Å²) in [7, 11) is 0. The number of rotatable bonds is 5. The predicted octanol–water partition coefficient (Wildman–Crippen LogP) is 5.31. The monoisotopic (exact) mass is 324 g/mol. The molecule has 1 aromatic heterocycles. The number of H-pyrrole nitrogens is 1. The second-order valence-corrected chi connectivity index (χ2v) is 6.39. The second-order valence-electron chi connectivity index (χ2n) is 5.95. The molecule has 118 valence electrons. The Morgan fingerprint density at radius 3 is 2.57 bits per heavy atom. The van der Waals surface area contributed by atoms with Crippen LogP contribution >= 0.6 is 11.6 Å². The fraction of sp³-hybridized carbons (Fsp3) is 0.250. The van der Waals surface area contributed by atoms with E-state index in [1.807, 2.05) is 24.5 Å². The summed E-state index contributed by atoms with van der Waals surface area (Å²) in [5, 5.41) is 0.791. The van der Waals surface area contributed by atoms with Gasteiger partial charge in [0.25, 0.3) is 0 Å². The molecule has 0 bridgehead atoms. The van der Waals surface area contributed by atoms with E-state index in [2.05, 4.69) is 54.1 Å². The van der Waals surface area contributed by atoms with Crippen molar-refractivity contribution in [2.75, 3.05) is 0 Å². The first kappa shape index (κ1) is 15.8. The Bertz CT molecular complexity index is 761. The molecule has 1 heterocycles. The summed E-state index contributed by atoms with van der Waals surface area (Å²) in [5.41, 5.74) is 5.42. The number of halogens is 1. The molecule has 0 saturated heterocycles. The number of hydrogen-bond acceptors (Lipinski definition) is 1. The molecule has 0 saturated carbocycles. The zero-order chi connectivity index (χ0) is 16.2. The van der Waals surface area contributed by atoms with Crippen LogP contribution in [0.2, 0.25) is 5.02 Å². The van der Waals surface area contributed by atoms with E-state index in [1.165, 1.54) is 22.3 Å². The molecule has 0 unspecified atom stereocenters. The van der Waals surface area contributed by atoms with Crippen LogP contribution < -0.4 is 0 Å². The number of nitrogens with one attached hydrogen (secondary N) is 1. The molecule has 0 spiro atoms. The van der Waals surface area contributed by atoms with Crippen molar-refractivity contribution in [3.05, 3.63) is 88.0 Å². The quantitative estimate of drug-likeness (QED) is 0.677. The highest BCUT2D eigenvalue weighted by Crippen LogP contribution is 2.27. The molecule has 2 nitrogen and oxygen atoms in total. The number of hydrogen-bond donors (Lipinski definition) is 1. The topological polar surface area (TPSA) is 28.7 Å². The smallest absolute Gasteiger partial charge is 0.113 e. The van der Waals surface area contributed by atoms with Crippen LogP contribution in [0.5, 0.6) is 0 Å². The lowest BCUT2D eigenvalue weighted by atomic mass is 9.90. The lowest BCUT2D eigenvalue weighted by Gasteiger charge is -2.16. The highest BCUT2D eigenvalue weighted by molar-refractivity contribution is 6.30. The van der Waals surface area contributed by atoms with E-state index in [1.54, 1.807) is 0 Å². The van der Waals surface area contributed by atoms with Crippen LogP contribution in [0.15, 0.2) is 54.9 Å². The Kier molecular flexibility index (Phi) is 4.82. The van der Waals surface area contributed by atoms with Gasteiger partial charge in [-0.05, 0) is 54.2 Å². The third-order valence-corrected chi connectivity index (χ3v) is 4.73. The van der Waals surface area contributed by atoms with Crippen LogP contribution in [0.3, 0.4) is 0 Å². The van der Waals surface area contributed by atoms with E-state index in [4.69, 9.17) is 11.6 Å². The van der Waals surface area contributed by atoms with Crippen LogP contribution in [0, 0.1) is 6.92 Å². The van der Waals surface area contributed by atoms with Crippen molar-refractivity contribution < 1.29 is 0 Å². The van der Waals surface area contributed by atoms with E-state index in [-0.39, 0.29) is 5.92 Å². The molecule has 2 aromatic carbocycles. The van der Waals surface area contributed by atoms with E-state index in [9.17, 15) is 0 Å². The van der Waals surface area contributed by atoms with E-state index < -0.39 is 0 Å². The van der Waals surface area contributed by atoms with Gasteiger partial charge in [-0.15, -0.1) is 0 Å². The number of nitrogens with zero attached hydrogens (tertiary/aromatic N) is 1. The minimum absolute atomic E-state index is 0.278. The molecule has 0 aliphatic heterocycles. The van der Waals surface area contributed by atoms with Gasteiger partial charge >= 0.3 is 0 Å². The van der Waals surface area contributed by atoms with Gasteiger partial charge in [-0.2, -0.15) is 0 Å². The molecule has 0 aliphatic rings. The van der Waals surface area contributed by atoms with Crippen LogP contribution in [-0.4, -0.2) is 9.97 Å². The largest absolute Gasteiger partial charge is 0.348 e. The maximum absolute atomic E-state index is 5.95. The lowest BCUT2D eigenvalue weighted by Crippen LogP contribution is -2.04. The van der Waals surface area contributed by atoms with Gasteiger partial charge in [0.05, 0.1) is 0 Å². The van der Waals surface area contributed by atoms with Crippen molar-refractivity contribution in [2.24, 2.45) is 0 Å². The summed E-state index contributed by atoms with van der Waals surface area (Å²) in [4.78, 5) is 7.62. The molecule has 1 N–H and O–H groups in total. The minimum atomic E-state index is 0.278. The molecule has 23 heavy (non-hydrogen) atoms. The lowest BCUT2D eigenvalue weighted by molar-refractivity contribution is 0.824. The van der Waals surface area contributed by atoms with Crippen LogP contribution in [0.1, 0.15) is 40.9 Å². The van der Waals surface area contributed by atoms with Gasteiger partial charge in [-0.3, -0.25) is 0 Å². The summed E-state index contributed by atoms with van der Waals surface area (Å²) in [6, 6.07) is 14.7. The first-order valence-corrected chi connectivity index (χ1v) is 8.35. The highest BCUT2D eigenvalue weighted by atomic mass is 35.5. The Morgan fingerprint density at radius 2 is 1.87 bits per heavy atom. The molecule has 3 rings (SSSR count). The Balaban J connectivity index is 1.78. The number of aryl methyl sites for hydroxylation is 2. The summed E-state index contributed by atoms with van der Waals surface area (Å²) in [6.45, 7) is 4.41. The average molecular weight is 325 g/mol. The van der Waals surface area contributed by atoms with Crippen molar-refractivity contribution in [3.63, 3.8) is 0 Å². The molecule has 3 heteroatoms. The van der Waals surface area contributed by atoms with Gasteiger partial charge in [0.2, 0.25) is 0 Å². The third-order valence-electron chi connectivity index (χ3n) is 4.48. The fourth-order valence-electron chi connectivity index (χ4n) is 3.03. The highest BCUT2D eigenvalue weighted by Gasteiger charge is 2.14. The Morgan fingerprint density at radius 1 is 1.09 bits per heavy atom. The van der Waals surface area contributed by atoms with Gasteiger partial charge in [0, 0.05) is 23.3 Å². The van der Waals surface area contributed by atoms with Crippen molar-refractivity contribution in [3.8, 4) is 0 Å². The van der Waals surface area contributed by atoms with Crippen molar-refractivity contribution in [1.29, 1.82) is 0 Å². The second kappa shape index (κ2) is 7.01. The zero-order valence-corrected chi connectivity index (χ0v) is 14.3. The molecule has 3 aromatic rings. The molecule has 0 fully saturated rings. The summed E-state index contributed by atoms with van der Waals surface area (Å²) in [5.74, 6) is 1.29. The fourth-order valence-corrected chi connectivity index (χ4v) is 3.16. The average Bonchev–Trinajstić information content (AvgIpc) is 3.09. The molecular weight excluding hydrogens is 304 g/mol. The third kappa shape index (κ3) is 3.65. The van der Waals surface area contributed by atoms with Crippen LogP contribution in [0.4, 0.5) is 0 Å². The number of aromatic nitrogens is 2. The number of benzene rings is 2. The van der Waals surface area contributed by atoms with Gasteiger partial charge in [0.15, 0.2) is 0 Å². The minimum Gasteiger partial charge on any atom is -0.348 e. The summed E-state index contributed by atoms with van der Waals surface area (Å²) in [6.07, 6.45) is 5.75. The maximum atomic E-state index is 5.95. The molecule has 0 radical (unpaired) electrons. The summed E-state index contributed by atoms with van der Waals surface area (Å²) >= 11 is 5.95. The standard InChI is InChI=1S/C20H21ClN2/c1-14-17(9-6-16-7-10-18(21)11-8-16)4-3-5-19(14)15(2)20-22-12-13-23-20/h3-5,7-8,10-13,15H,6,9H2,1-2H3,(H,22,23)/t15-/m0/s1. The summed E-state index contributed by atoms with van der Waals surface area (Å²) < 4.78 is 0. The van der Waals surface area contributed by atoms with Gasteiger partial charge < -0.3 is 4.98 Å². The normalized spacial score (nSPS) is 12.3. The maximum Gasteiger partial charge on any atom is 0.113 e. The Labute approximate surface area is 142 Å². The zero-order valence-electron chi connectivity index (χ0n) is 13.5. The van der Waals surface area contributed by atoms with Crippen molar-refractivity contribution >= 4 is 11.6 Å². The SMILES string of the molecule is Cc1c(CCc2ccc(Cl)cc2)cccc1[C@H](C)c1ncc[nH]1. The van der Waals surface area contributed by atoms with E-state index in [0.717, 1.165) is 23.7 Å². The van der Waals surface area contributed by atoms with Gasteiger partial charge in [0.1, 0.15) is 5.82 Å². The molecule has 0 amide bonds. The van der Waals surface area contributed by atoms with Crippen molar-refractivity contribution in [2.45, 2.75) is 32.6 Å². The molecule has 1 atom stereocenters. The number of aromatic amines is 1. The van der Waals surface area contributed by atoms with Crippen LogP contribution in [0.25, 0.3) is 0 Å². The van der Waals surface area contributed by atoms with Crippen LogP contribution in [-0.2, 0) is 12.8 Å². The van der Waals surface area contributed by atoms with E-state index in [0.29, 0.717) is 0 Å². The van der Waals surface area contributed by atoms with Gasteiger partial charge in [-0.1, -0.05) is 48.9 Å². The first-order valence-electron chi connectivity index (χ1n) is 7.97. The first-order chi connectivity index (χ1) is 11.1. The molecule has 0 aliphatic carbocycles. The predicted molar refractivity (Wildman–Crippen MR) is 96.1 cm³/mol. The number of imidazole rings is 1. The van der Waals surface area contributed by atoms with E-state index >= 15 is 0 Å².